The Bertz CT molecular complexity index is 592. The molecule has 0 radical (unpaired) electrons. The predicted octanol–water partition coefficient (Wildman–Crippen LogP) is 0.918. The number of rotatable bonds is 5. The number of sulfonamides is 1. The minimum absolute atomic E-state index is 0.166. The van der Waals surface area contributed by atoms with E-state index in [2.05, 4.69) is 14.9 Å². The molecule has 2 N–H and O–H groups in total. The van der Waals surface area contributed by atoms with Gasteiger partial charge in [0.15, 0.2) is 0 Å². The van der Waals surface area contributed by atoms with Crippen molar-refractivity contribution in [3.05, 3.63) is 29.6 Å². The van der Waals surface area contributed by atoms with Crippen molar-refractivity contribution in [2.75, 3.05) is 27.2 Å². The molecule has 1 heterocycles. The maximum Gasteiger partial charge on any atom is 0.243 e. The van der Waals surface area contributed by atoms with Crippen LogP contribution in [0.2, 0.25) is 0 Å². The van der Waals surface area contributed by atoms with E-state index in [4.69, 9.17) is 0 Å². The average Bonchev–Trinajstić information content (AvgIpc) is 2.40. The fourth-order valence-corrected chi connectivity index (χ4v) is 4.00. The fraction of sp³-hybridized carbons (Fsp3) is 0.571. The zero-order valence-electron chi connectivity index (χ0n) is 12.4. The van der Waals surface area contributed by atoms with Crippen LogP contribution >= 0.6 is 0 Å². The third-order valence-corrected chi connectivity index (χ3v) is 5.15. The van der Waals surface area contributed by atoms with Crippen LogP contribution in [0, 0.1) is 5.82 Å². The van der Waals surface area contributed by atoms with Gasteiger partial charge in [0, 0.05) is 19.1 Å². The highest BCUT2D eigenvalue weighted by Gasteiger charge is 2.26. The first-order valence-corrected chi connectivity index (χ1v) is 8.54. The summed E-state index contributed by atoms with van der Waals surface area (Å²) in [5.74, 6) is -0.716. The zero-order chi connectivity index (χ0) is 15.5. The molecule has 0 amide bonds. The Kier molecular flexibility index (Phi) is 5.32. The first kappa shape index (κ1) is 16.4. The normalized spacial score (nSPS) is 20.6. The lowest BCUT2D eigenvalue weighted by Gasteiger charge is -2.30. The number of halogens is 1. The largest absolute Gasteiger partial charge is 0.316 e. The smallest absolute Gasteiger partial charge is 0.243 e. The minimum Gasteiger partial charge on any atom is -0.316 e. The zero-order valence-corrected chi connectivity index (χ0v) is 13.2. The Morgan fingerprint density at radius 2 is 2.19 bits per heavy atom. The number of piperidine rings is 1. The highest BCUT2D eigenvalue weighted by atomic mass is 32.2. The molecule has 1 saturated heterocycles. The molecule has 2 rings (SSSR count). The summed E-state index contributed by atoms with van der Waals surface area (Å²) in [6.07, 6.45) is 1.72. The summed E-state index contributed by atoms with van der Waals surface area (Å²) < 4.78 is 41.3. The number of nitrogens with one attached hydrogen (secondary N) is 2. The number of likely N-dealkylation sites (tertiary alicyclic amines) is 1. The van der Waals surface area contributed by atoms with Crippen molar-refractivity contribution in [3.8, 4) is 0 Å². The van der Waals surface area contributed by atoms with E-state index in [9.17, 15) is 12.8 Å². The van der Waals surface area contributed by atoms with Gasteiger partial charge in [-0.05, 0) is 51.2 Å². The number of hydrogen-bond donors (Lipinski definition) is 2. The van der Waals surface area contributed by atoms with Gasteiger partial charge in [0.1, 0.15) is 10.7 Å². The van der Waals surface area contributed by atoms with Crippen LogP contribution in [-0.2, 0) is 16.6 Å². The van der Waals surface area contributed by atoms with E-state index in [-0.39, 0.29) is 10.9 Å². The SMILES string of the molecule is CNCc1ccc(F)c(S(=O)(=O)NC2CCCN(C)C2)c1. The van der Waals surface area contributed by atoms with E-state index in [1.54, 1.807) is 13.1 Å². The van der Waals surface area contributed by atoms with Gasteiger partial charge in [-0.2, -0.15) is 0 Å². The molecule has 0 saturated carbocycles. The summed E-state index contributed by atoms with van der Waals surface area (Å²) in [7, 11) is -0.124. The molecule has 1 fully saturated rings. The number of likely N-dealkylation sites (N-methyl/N-ethyl adjacent to an activating group) is 1. The van der Waals surface area contributed by atoms with Crippen LogP contribution in [-0.4, -0.2) is 46.5 Å². The lowest BCUT2D eigenvalue weighted by molar-refractivity contribution is 0.242. The Balaban J connectivity index is 2.20. The molecule has 21 heavy (non-hydrogen) atoms. The summed E-state index contributed by atoms with van der Waals surface area (Å²) >= 11 is 0. The molecule has 1 aliphatic heterocycles. The molecule has 0 aromatic heterocycles. The molecule has 1 atom stereocenters. The summed E-state index contributed by atoms with van der Waals surface area (Å²) in [6.45, 7) is 2.11. The molecule has 1 aliphatic rings. The first-order chi connectivity index (χ1) is 9.92. The molecule has 0 aliphatic carbocycles. The number of benzene rings is 1. The molecular formula is C14H22FN3O2S. The topological polar surface area (TPSA) is 61.4 Å². The predicted molar refractivity (Wildman–Crippen MR) is 80.0 cm³/mol. The molecular weight excluding hydrogens is 293 g/mol. The molecule has 7 heteroatoms. The van der Waals surface area contributed by atoms with Crippen LogP contribution in [0.1, 0.15) is 18.4 Å². The van der Waals surface area contributed by atoms with Crippen molar-refractivity contribution in [3.63, 3.8) is 0 Å². The van der Waals surface area contributed by atoms with E-state index < -0.39 is 15.8 Å². The molecule has 0 spiro atoms. The molecule has 118 valence electrons. The van der Waals surface area contributed by atoms with Crippen molar-refractivity contribution in [1.29, 1.82) is 0 Å². The van der Waals surface area contributed by atoms with Gasteiger partial charge in [0.2, 0.25) is 10.0 Å². The summed E-state index contributed by atoms with van der Waals surface area (Å²) in [6, 6.07) is 4.01. The van der Waals surface area contributed by atoms with E-state index in [0.29, 0.717) is 13.1 Å². The van der Waals surface area contributed by atoms with E-state index in [1.165, 1.54) is 12.1 Å². The lowest BCUT2D eigenvalue weighted by atomic mass is 10.1. The summed E-state index contributed by atoms with van der Waals surface area (Å²) in [5, 5.41) is 2.92. The Labute approximate surface area is 125 Å². The maximum absolute atomic E-state index is 13.9. The van der Waals surface area contributed by atoms with Gasteiger partial charge in [-0.3, -0.25) is 0 Å². The van der Waals surface area contributed by atoms with E-state index in [0.717, 1.165) is 24.9 Å². The number of hydrogen-bond acceptors (Lipinski definition) is 4. The van der Waals surface area contributed by atoms with Gasteiger partial charge in [-0.1, -0.05) is 6.07 Å². The average molecular weight is 315 g/mol. The molecule has 1 aromatic rings. The van der Waals surface area contributed by atoms with Gasteiger partial charge in [-0.25, -0.2) is 17.5 Å². The van der Waals surface area contributed by atoms with Gasteiger partial charge in [0.05, 0.1) is 0 Å². The fourth-order valence-electron chi connectivity index (χ4n) is 2.61. The third kappa shape index (κ3) is 4.23. The van der Waals surface area contributed by atoms with E-state index in [1.807, 2.05) is 7.05 Å². The second-order valence-electron chi connectivity index (χ2n) is 5.52. The monoisotopic (exact) mass is 315 g/mol. The van der Waals surface area contributed by atoms with Crippen LogP contribution in [0.15, 0.2) is 23.1 Å². The van der Waals surface area contributed by atoms with Crippen molar-refractivity contribution in [2.45, 2.75) is 30.3 Å². The third-order valence-electron chi connectivity index (χ3n) is 3.61. The van der Waals surface area contributed by atoms with Gasteiger partial charge in [0.25, 0.3) is 0 Å². The molecule has 1 aromatic carbocycles. The van der Waals surface area contributed by atoms with Gasteiger partial charge in [-0.15, -0.1) is 0 Å². The highest BCUT2D eigenvalue weighted by molar-refractivity contribution is 7.89. The molecule has 1 unspecified atom stereocenters. The second-order valence-corrected chi connectivity index (χ2v) is 7.20. The van der Waals surface area contributed by atoms with Crippen molar-refractivity contribution >= 4 is 10.0 Å². The quantitative estimate of drug-likeness (QED) is 0.848. The van der Waals surface area contributed by atoms with Crippen molar-refractivity contribution in [1.82, 2.24) is 14.9 Å². The summed E-state index contributed by atoms with van der Waals surface area (Å²) in [4.78, 5) is 1.80. The Hall–Kier alpha value is -1.02. The Morgan fingerprint density at radius 3 is 2.86 bits per heavy atom. The van der Waals surface area contributed by atoms with Crippen LogP contribution < -0.4 is 10.0 Å². The van der Waals surface area contributed by atoms with Gasteiger partial charge < -0.3 is 10.2 Å². The Morgan fingerprint density at radius 1 is 1.43 bits per heavy atom. The maximum atomic E-state index is 13.9. The number of nitrogens with zero attached hydrogens (tertiary/aromatic N) is 1. The van der Waals surface area contributed by atoms with Crippen LogP contribution in [0.4, 0.5) is 4.39 Å². The van der Waals surface area contributed by atoms with Crippen LogP contribution in [0.25, 0.3) is 0 Å². The highest BCUT2D eigenvalue weighted by Crippen LogP contribution is 2.18. The summed E-state index contributed by atoms with van der Waals surface area (Å²) in [5.41, 5.74) is 0.736. The lowest BCUT2D eigenvalue weighted by Crippen LogP contribution is -2.46. The van der Waals surface area contributed by atoms with E-state index >= 15 is 0 Å². The first-order valence-electron chi connectivity index (χ1n) is 7.06. The second kappa shape index (κ2) is 6.83. The van der Waals surface area contributed by atoms with Gasteiger partial charge >= 0.3 is 0 Å². The molecule has 0 bridgehead atoms. The van der Waals surface area contributed by atoms with Crippen molar-refractivity contribution < 1.29 is 12.8 Å². The molecule has 5 nitrogen and oxygen atoms in total. The van der Waals surface area contributed by atoms with Crippen molar-refractivity contribution in [2.24, 2.45) is 0 Å². The standard InChI is InChI=1S/C14H22FN3O2S/c1-16-9-11-5-6-13(15)14(8-11)21(19,20)17-12-4-3-7-18(2)10-12/h5-6,8,12,16-17H,3-4,7,9-10H2,1-2H3. The van der Waals surface area contributed by atoms with Crippen LogP contribution in [0.5, 0.6) is 0 Å². The minimum atomic E-state index is -3.83. The van der Waals surface area contributed by atoms with Crippen LogP contribution in [0.3, 0.4) is 0 Å².